The summed E-state index contributed by atoms with van der Waals surface area (Å²) in [5.41, 5.74) is 0. The van der Waals surface area contributed by atoms with E-state index in [1.807, 2.05) is 37.3 Å². The van der Waals surface area contributed by atoms with Gasteiger partial charge in [-0.05, 0) is 17.9 Å². The summed E-state index contributed by atoms with van der Waals surface area (Å²) in [6.45, 7) is 2.36. The normalized spacial score (nSPS) is 10.2. The number of pyridine rings is 1. The van der Waals surface area contributed by atoms with Gasteiger partial charge in [0.25, 0.3) is 0 Å². The largest absolute Gasteiger partial charge is 0.449 e. The van der Waals surface area contributed by atoms with Crippen molar-refractivity contribution in [1.29, 1.82) is 0 Å². The Kier molecular flexibility index (Phi) is 3.55. The molecule has 2 rings (SSSR count). The molecule has 1 amide bonds. The van der Waals surface area contributed by atoms with Crippen molar-refractivity contribution in [3.63, 3.8) is 0 Å². The Balaban J connectivity index is 2.11. The molecule has 0 bridgehead atoms. The Hall–Kier alpha value is -2.10. The fourth-order valence-electron chi connectivity index (χ4n) is 1.49. The van der Waals surface area contributed by atoms with Crippen molar-refractivity contribution < 1.29 is 9.53 Å². The molecule has 0 atom stereocenters. The van der Waals surface area contributed by atoms with Crippen molar-refractivity contribution in [2.45, 2.75) is 13.3 Å². The van der Waals surface area contributed by atoms with Crippen LogP contribution < -0.4 is 5.32 Å². The van der Waals surface area contributed by atoms with Gasteiger partial charge in [0.15, 0.2) is 0 Å². The van der Waals surface area contributed by atoms with Gasteiger partial charge in [0.1, 0.15) is 5.82 Å². The first-order chi connectivity index (χ1) is 8.29. The first-order valence-corrected chi connectivity index (χ1v) is 5.58. The van der Waals surface area contributed by atoms with Gasteiger partial charge in [0, 0.05) is 11.6 Å². The molecule has 2 aromatic rings. The number of nitrogens with zero attached hydrogens (tertiary/aromatic N) is 1. The molecule has 0 saturated carbocycles. The molecule has 4 nitrogen and oxygen atoms in total. The van der Waals surface area contributed by atoms with E-state index in [-0.39, 0.29) is 0 Å². The molecule has 1 aromatic heterocycles. The zero-order valence-electron chi connectivity index (χ0n) is 9.64. The van der Waals surface area contributed by atoms with Gasteiger partial charge in [0.05, 0.1) is 6.61 Å². The maximum atomic E-state index is 11.3. The predicted molar refractivity (Wildman–Crippen MR) is 67.0 cm³/mol. The smallest absolute Gasteiger partial charge is 0.412 e. The van der Waals surface area contributed by atoms with Crippen molar-refractivity contribution in [1.82, 2.24) is 4.98 Å². The molecule has 0 aliphatic heterocycles. The number of rotatable bonds is 3. The zero-order valence-corrected chi connectivity index (χ0v) is 9.64. The number of hydrogen-bond donors (Lipinski definition) is 1. The second-order valence-electron chi connectivity index (χ2n) is 3.68. The van der Waals surface area contributed by atoms with E-state index in [9.17, 15) is 4.79 Å². The number of carbonyl (C=O) groups excluding carboxylic acids is 1. The molecular formula is C13H14N2O2. The van der Waals surface area contributed by atoms with Crippen molar-refractivity contribution in [3.8, 4) is 0 Å². The highest BCUT2D eigenvalue weighted by Gasteiger charge is 2.03. The third-order valence-corrected chi connectivity index (χ3v) is 2.30. The van der Waals surface area contributed by atoms with Gasteiger partial charge in [-0.2, -0.15) is 0 Å². The van der Waals surface area contributed by atoms with Gasteiger partial charge in [-0.25, -0.2) is 9.78 Å². The third kappa shape index (κ3) is 2.93. The zero-order chi connectivity index (χ0) is 12.1. The molecule has 0 saturated heterocycles. The average molecular weight is 230 g/mol. The number of benzene rings is 1. The van der Waals surface area contributed by atoms with E-state index in [4.69, 9.17) is 4.74 Å². The summed E-state index contributed by atoms with van der Waals surface area (Å²) in [5.74, 6) is 0.504. The predicted octanol–water partition coefficient (Wildman–Crippen LogP) is 3.19. The fraction of sp³-hybridized carbons (Fsp3) is 0.231. The van der Waals surface area contributed by atoms with Crippen LogP contribution in [0.3, 0.4) is 0 Å². The van der Waals surface area contributed by atoms with Crippen molar-refractivity contribution >= 4 is 22.7 Å². The molecule has 1 N–H and O–H groups in total. The lowest BCUT2D eigenvalue weighted by Gasteiger charge is -2.05. The lowest BCUT2D eigenvalue weighted by Crippen LogP contribution is -2.14. The molecule has 0 unspecified atom stereocenters. The molecule has 0 fully saturated rings. The van der Waals surface area contributed by atoms with Crippen molar-refractivity contribution in [2.24, 2.45) is 0 Å². The Morgan fingerprint density at radius 3 is 2.88 bits per heavy atom. The highest BCUT2D eigenvalue weighted by Crippen LogP contribution is 2.15. The topological polar surface area (TPSA) is 51.2 Å². The summed E-state index contributed by atoms with van der Waals surface area (Å²) in [6.07, 6.45) is 2.07. The number of fused-ring (bicyclic) bond motifs is 1. The van der Waals surface area contributed by atoms with Crippen LogP contribution in [0.5, 0.6) is 0 Å². The fourth-order valence-corrected chi connectivity index (χ4v) is 1.49. The Labute approximate surface area is 99.6 Å². The first-order valence-electron chi connectivity index (χ1n) is 5.58. The Morgan fingerprint density at radius 1 is 1.35 bits per heavy atom. The molecule has 0 radical (unpaired) electrons. The first kappa shape index (κ1) is 11.4. The lowest BCUT2D eigenvalue weighted by molar-refractivity contribution is 0.161. The minimum absolute atomic E-state index is 0.416. The number of anilines is 1. The van der Waals surface area contributed by atoms with Crippen LogP contribution in [0.25, 0.3) is 10.8 Å². The van der Waals surface area contributed by atoms with Crippen molar-refractivity contribution in [3.05, 3.63) is 36.5 Å². The minimum atomic E-state index is -0.463. The molecule has 4 heteroatoms. The lowest BCUT2D eigenvalue weighted by atomic mass is 10.2. The van der Waals surface area contributed by atoms with Gasteiger partial charge < -0.3 is 4.74 Å². The summed E-state index contributed by atoms with van der Waals surface area (Å²) >= 11 is 0. The number of amides is 1. The van der Waals surface area contributed by atoms with Gasteiger partial charge in [0.2, 0.25) is 0 Å². The van der Waals surface area contributed by atoms with E-state index >= 15 is 0 Å². The molecule has 1 heterocycles. The number of aromatic nitrogens is 1. The second-order valence-corrected chi connectivity index (χ2v) is 3.68. The summed E-state index contributed by atoms with van der Waals surface area (Å²) in [4.78, 5) is 15.5. The van der Waals surface area contributed by atoms with Crippen LogP contribution in [0.2, 0.25) is 0 Å². The summed E-state index contributed by atoms with van der Waals surface area (Å²) < 4.78 is 4.92. The van der Waals surface area contributed by atoms with E-state index in [1.54, 1.807) is 6.20 Å². The minimum Gasteiger partial charge on any atom is -0.449 e. The number of ether oxygens (including phenoxy) is 1. The van der Waals surface area contributed by atoms with E-state index < -0.39 is 6.09 Å². The van der Waals surface area contributed by atoms with Crippen LogP contribution >= 0.6 is 0 Å². The van der Waals surface area contributed by atoms with Crippen molar-refractivity contribution in [2.75, 3.05) is 11.9 Å². The standard InChI is InChI=1S/C13H14N2O2/c1-2-7-17-13(16)15-12-8-10-5-3-4-6-11(10)9-14-12/h3-6,8-9H,2,7H2,1H3,(H,14,15,16). The summed E-state index contributed by atoms with van der Waals surface area (Å²) in [5, 5.41) is 4.67. The van der Waals surface area contributed by atoms with E-state index in [1.165, 1.54) is 0 Å². The van der Waals surface area contributed by atoms with E-state index in [2.05, 4.69) is 10.3 Å². The Bertz CT molecular complexity index is 526. The molecule has 1 aromatic carbocycles. The maximum Gasteiger partial charge on any atom is 0.412 e. The van der Waals surface area contributed by atoms with E-state index in [0.29, 0.717) is 12.4 Å². The van der Waals surface area contributed by atoms with Crippen LogP contribution in [-0.2, 0) is 4.74 Å². The quantitative estimate of drug-likeness (QED) is 0.880. The number of carbonyl (C=O) groups is 1. The SMILES string of the molecule is CCCOC(=O)Nc1cc2ccccc2cn1. The van der Waals surface area contributed by atoms with E-state index in [0.717, 1.165) is 17.2 Å². The Morgan fingerprint density at radius 2 is 2.12 bits per heavy atom. The monoisotopic (exact) mass is 230 g/mol. The van der Waals surface area contributed by atoms with Crippen LogP contribution in [0.4, 0.5) is 10.6 Å². The maximum absolute atomic E-state index is 11.3. The molecule has 88 valence electrons. The highest BCUT2D eigenvalue weighted by molar-refractivity contribution is 5.89. The number of nitrogens with one attached hydrogen (secondary N) is 1. The summed E-state index contributed by atoms with van der Waals surface area (Å²) in [6, 6.07) is 9.66. The number of hydrogen-bond acceptors (Lipinski definition) is 3. The van der Waals surface area contributed by atoms with Crippen LogP contribution in [-0.4, -0.2) is 17.7 Å². The molecule has 0 aliphatic rings. The second kappa shape index (κ2) is 5.30. The third-order valence-electron chi connectivity index (χ3n) is 2.30. The van der Waals surface area contributed by atoms with Gasteiger partial charge in [-0.3, -0.25) is 5.32 Å². The van der Waals surface area contributed by atoms with Crippen LogP contribution in [0.15, 0.2) is 36.5 Å². The summed E-state index contributed by atoms with van der Waals surface area (Å²) in [7, 11) is 0. The highest BCUT2D eigenvalue weighted by atomic mass is 16.5. The van der Waals surface area contributed by atoms with Crippen LogP contribution in [0.1, 0.15) is 13.3 Å². The molecule has 17 heavy (non-hydrogen) atoms. The van der Waals surface area contributed by atoms with Crippen LogP contribution in [0, 0.1) is 0 Å². The molecule has 0 aliphatic carbocycles. The molecule has 0 spiro atoms. The van der Waals surface area contributed by atoms with Gasteiger partial charge in [-0.1, -0.05) is 31.2 Å². The average Bonchev–Trinajstić information content (AvgIpc) is 2.36. The molecular weight excluding hydrogens is 216 g/mol. The van der Waals surface area contributed by atoms with Gasteiger partial charge >= 0.3 is 6.09 Å². The van der Waals surface area contributed by atoms with Gasteiger partial charge in [-0.15, -0.1) is 0 Å².